The predicted octanol–water partition coefficient (Wildman–Crippen LogP) is 5.00. The van der Waals surface area contributed by atoms with E-state index in [9.17, 15) is 4.79 Å². The van der Waals surface area contributed by atoms with Gasteiger partial charge in [0, 0.05) is 23.1 Å². The van der Waals surface area contributed by atoms with Gasteiger partial charge in [0.1, 0.15) is 0 Å². The molecule has 0 aliphatic heterocycles. The van der Waals surface area contributed by atoms with E-state index in [-0.39, 0.29) is 5.91 Å². The lowest BCUT2D eigenvalue weighted by atomic mass is 10.0. The summed E-state index contributed by atoms with van der Waals surface area (Å²) >= 11 is 9.32. The largest absolute Gasteiger partial charge is 0.339 e. The Morgan fingerprint density at radius 3 is 2.42 bits per heavy atom. The van der Waals surface area contributed by atoms with Crippen molar-refractivity contribution in [3.8, 4) is 0 Å². The minimum atomic E-state index is 0.0757. The van der Waals surface area contributed by atoms with E-state index in [1.807, 2.05) is 11.8 Å². The summed E-state index contributed by atoms with van der Waals surface area (Å²) in [5.74, 6) is 0.645. The highest BCUT2D eigenvalue weighted by Crippen LogP contribution is 2.24. The first-order chi connectivity index (χ1) is 9.03. The van der Waals surface area contributed by atoms with Gasteiger partial charge in [-0.15, -0.1) is 0 Å². The molecule has 0 fully saturated rings. The molecule has 0 heterocycles. The van der Waals surface area contributed by atoms with Crippen molar-refractivity contribution >= 4 is 33.4 Å². The number of rotatable bonds is 6. The van der Waals surface area contributed by atoms with Crippen LogP contribution < -0.4 is 0 Å². The molecule has 0 aliphatic carbocycles. The second kappa shape index (κ2) is 7.91. The van der Waals surface area contributed by atoms with Crippen molar-refractivity contribution in [2.24, 2.45) is 5.92 Å². The van der Waals surface area contributed by atoms with E-state index in [1.54, 1.807) is 18.2 Å². The zero-order valence-corrected chi connectivity index (χ0v) is 14.1. The highest BCUT2D eigenvalue weighted by molar-refractivity contribution is 9.10. The molecule has 0 saturated carbocycles. The fraction of sp³-hybridized carbons (Fsp3) is 0.533. The molecular weight excluding hydrogens is 326 g/mol. The molecule has 0 aromatic heterocycles. The summed E-state index contributed by atoms with van der Waals surface area (Å²) in [6, 6.07) is 5.33. The number of halogens is 2. The molecule has 1 amide bonds. The van der Waals surface area contributed by atoms with Crippen LogP contribution in [0.5, 0.6) is 0 Å². The molecule has 0 aliphatic rings. The molecule has 19 heavy (non-hydrogen) atoms. The summed E-state index contributed by atoms with van der Waals surface area (Å²) in [7, 11) is 0. The van der Waals surface area contributed by atoms with Crippen LogP contribution in [0.25, 0.3) is 0 Å². The first kappa shape index (κ1) is 16.5. The minimum absolute atomic E-state index is 0.0757. The monoisotopic (exact) mass is 345 g/mol. The number of hydrogen-bond acceptors (Lipinski definition) is 1. The Morgan fingerprint density at radius 2 is 1.95 bits per heavy atom. The maximum absolute atomic E-state index is 12.5. The Balaban J connectivity index is 2.85. The van der Waals surface area contributed by atoms with Gasteiger partial charge in [-0.2, -0.15) is 0 Å². The van der Waals surface area contributed by atoms with Gasteiger partial charge in [0.15, 0.2) is 0 Å². The molecule has 0 spiro atoms. The average Bonchev–Trinajstić information content (AvgIpc) is 2.42. The number of carbonyl (C=O) groups is 1. The van der Waals surface area contributed by atoms with Crippen molar-refractivity contribution < 1.29 is 4.79 Å². The molecule has 1 aromatic rings. The fourth-order valence-electron chi connectivity index (χ4n) is 2.03. The second-order valence-electron chi connectivity index (χ2n) is 4.66. The van der Waals surface area contributed by atoms with Crippen LogP contribution in [0, 0.1) is 5.92 Å². The van der Waals surface area contributed by atoms with Gasteiger partial charge in [-0.1, -0.05) is 38.3 Å². The molecule has 0 atom stereocenters. The standard InChI is InChI=1S/C15H21BrClNO/c1-4-11(5-2)10-18(6-3)15(19)12-7-8-14(17)13(16)9-12/h7-9,11H,4-6,10H2,1-3H3. The number of hydrogen-bond donors (Lipinski definition) is 0. The van der Waals surface area contributed by atoms with E-state index in [0.717, 1.165) is 30.4 Å². The summed E-state index contributed by atoms with van der Waals surface area (Å²) in [6.45, 7) is 7.92. The first-order valence-electron chi connectivity index (χ1n) is 6.77. The maximum atomic E-state index is 12.5. The Bertz CT molecular complexity index is 432. The van der Waals surface area contributed by atoms with Crippen LogP contribution in [0.2, 0.25) is 5.02 Å². The molecule has 106 valence electrons. The quantitative estimate of drug-likeness (QED) is 0.709. The summed E-state index contributed by atoms with van der Waals surface area (Å²) in [5, 5.41) is 0.625. The highest BCUT2D eigenvalue weighted by Gasteiger charge is 2.18. The Hall–Kier alpha value is -0.540. The molecule has 4 heteroatoms. The van der Waals surface area contributed by atoms with Crippen molar-refractivity contribution in [2.75, 3.05) is 13.1 Å². The van der Waals surface area contributed by atoms with E-state index in [0.29, 0.717) is 16.5 Å². The van der Waals surface area contributed by atoms with E-state index >= 15 is 0 Å². The average molecular weight is 347 g/mol. The van der Waals surface area contributed by atoms with Gasteiger partial charge < -0.3 is 4.90 Å². The van der Waals surface area contributed by atoms with Crippen LogP contribution in [-0.4, -0.2) is 23.9 Å². The van der Waals surface area contributed by atoms with Crippen LogP contribution >= 0.6 is 27.5 Å². The maximum Gasteiger partial charge on any atom is 0.253 e. The SMILES string of the molecule is CCC(CC)CN(CC)C(=O)c1ccc(Cl)c(Br)c1. The third kappa shape index (κ3) is 4.50. The fourth-order valence-corrected chi connectivity index (χ4v) is 2.52. The van der Waals surface area contributed by atoms with Gasteiger partial charge in [0.25, 0.3) is 5.91 Å². The molecule has 0 bridgehead atoms. The van der Waals surface area contributed by atoms with Gasteiger partial charge in [-0.05, 0) is 47.0 Å². The molecule has 0 unspecified atom stereocenters. The number of nitrogens with zero attached hydrogens (tertiary/aromatic N) is 1. The second-order valence-corrected chi connectivity index (χ2v) is 5.92. The van der Waals surface area contributed by atoms with Crippen molar-refractivity contribution in [1.82, 2.24) is 4.90 Å². The summed E-state index contributed by atoms with van der Waals surface area (Å²) in [5.41, 5.74) is 0.684. The normalized spacial score (nSPS) is 10.8. The molecule has 0 saturated heterocycles. The number of amides is 1. The van der Waals surface area contributed by atoms with E-state index in [2.05, 4.69) is 29.8 Å². The van der Waals surface area contributed by atoms with Crippen LogP contribution in [0.4, 0.5) is 0 Å². The van der Waals surface area contributed by atoms with E-state index < -0.39 is 0 Å². The van der Waals surface area contributed by atoms with Gasteiger partial charge in [-0.3, -0.25) is 4.79 Å². The Kier molecular flexibility index (Phi) is 6.87. The molecule has 0 N–H and O–H groups in total. The van der Waals surface area contributed by atoms with Gasteiger partial charge in [0.2, 0.25) is 0 Å². The van der Waals surface area contributed by atoms with E-state index in [4.69, 9.17) is 11.6 Å². The van der Waals surface area contributed by atoms with Crippen LogP contribution in [0.1, 0.15) is 44.0 Å². The third-order valence-corrected chi connectivity index (χ3v) is 4.68. The smallest absolute Gasteiger partial charge is 0.253 e. The van der Waals surface area contributed by atoms with Gasteiger partial charge in [0.05, 0.1) is 5.02 Å². The first-order valence-corrected chi connectivity index (χ1v) is 7.94. The Labute approximate surface area is 129 Å². The molecular formula is C15H21BrClNO. The van der Waals surface area contributed by atoms with Crippen molar-refractivity contribution in [3.05, 3.63) is 33.3 Å². The molecule has 2 nitrogen and oxygen atoms in total. The zero-order chi connectivity index (χ0) is 14.4. The number of benzene rings is 1. The van der Waals surface area contributed by atoms with Gasteiger partial charge in [-0.25, -0.2) is 0 Å². The Morgan fingerprint density at radius 1 is 1.32 bits per heavy atom. The lowest BCUT2D eigenvalue weighted by Crippen LogP contribution is -2.35. The topological polar surface area (TPSA) is 20.3 Å². The molecule has 1 rings (SSSR count). The minimum Gasteiger partial charge on any atom is -0.339 e. The third-order valence-electron chi connectivity index (χ3n) is 3.47. The summed E-state index contributed by atoms with van der Waals surface area (Å²) in [4.78, 5) is 14.4. The van der Waals surface area contributed by atoms with Crippen molar-refractivity contribution in [1.29, 1.82) is 0 Å². The zero-order valence-electron chi connectivity index (χ0n) is 11.7. The van der Waals surface area contributed by atoms with Crippen LogP contribution in [0.15, 0.2) is 22.7 Å². The van der Waals surface area contributed by atoms with Gasteiger partial charge >= 0.3 is 0 Å². The van der Waals surface area contributed by atoms with Crippen molar-refractivity contribution in [2.45, 2.75) is 33.6 Å². The molecule has 1 aromatic carbocycles. The number of carbonyl (C=O) groups excluding carboxylic acids is 1. The predicted molar refractivity (Wildman–Crippen MR) is 84.8 cm³/mol. The molecule has 0 radical (unpaired) electrons. The lowest BCUT2D eigenvalue weighted by Gasteiger charge is -2.25. The van der Waals surface area contributed by atoms with Crippen LogP contribution in [0.3, 0.4) is 0 Å². The van der Waals surface area contributed by atoms with Crippen molar-refractivity contribution in [3.63, 3.8) is 0 Å². The summed E-state index contributed by atoms with van der Waals surface area (Å²) < 4.78 is 0.763. The van der Waals surface area contributed by atoms with Crippen LogP contribution in [-0.2, 0) is 0 Å². The van der Waals surface area contributed by atoms with E-state index in [1.165, 1.54) is 0 Å². The highest BCUT2D eigenvalue weighted by atomic mass is 79.9. The summed E-state index contributed by atoms with van der Waals surface area (Å²) in [6.07, 6.45) is 2.20. The lowest BCUT2D eigenvalue weighted by molar-refractivity contribution is 0.0735.